The molecule has 2 unspecified atom stereocenters. The van der Waals surface area contributed by atoms with E-state index in [1.807, 2.05) is 42.5 Å². The van der Waals surface area contributed by atoms with Crippen LogP contribution in [0.4, 0.5) is 8.78 Å². The standard InChI is InChI=1S/C31H32F2O2/c1-3-5-9-22-35-31(34-4-2)21-20-28(29(32)30(31)33)27-18-16-26(17-19-27)25-14-12-24(13-15-25)23-10-7-6-8-11-23/h6-8,10-21,30H,3-5,9,22H2,1-2H3. The molecule has 1 aliphatic rings. The molecule has 0 saturated carbocycles. The Hall–Kier alpha value is -3.08. The van der Waals surface area contributed by atoms with Crippen molar-refractivity contribution in [2.45, 2.75) is 45.1 Å². The third-order valence-electron chi connectivity index (χ3n) is 6.28. The number of unbranched alkanes of at least 4 members (excludes halogenated alkanes) is 2. The van der Waals surface area contributed by atoms with Crippen molar-refractivity contribution >= 4 is 5.57 Å². The fraction of sp³-hybridized carbons (Fsp3) is 0.290. The Kier molecular flexibility index (Phi) is 8.27. The lowest BCUT2D eigenvalue weighted by molar-refractivity contribution is -0.232. The first kappa shape index (κ1) is 25.0. The molecule has 0 N–H and O–H groups in total. The quantitative estimate of drug-likeness (QED) is 0.216. The van der Waals surface area contributed by atoms with E-state index in [2.05, 4.69) is 43.3 Å². The molecule has 2 atom stereocenters. The van der Waals surface area contributed by atoms with Crippen LogP contribution in [0.3, 0.4) is 0 Å². The molecule has 0 aromatic heterocycles. The van der Waals surface area contributed by atoms with E-state index in [0.29, 0.717) is 12.2 Å². The van der Waals surface area contributed by atoms with E-state index in [1.54, 1.807) is 13.0 Å². The van der Waals surface area contributed by atoms with Crippen molar-refractivity contribution < 1.29 is 18.3 Å². The van der Waals surface area contributed by atoms with Gasteiger partial charge in [-0.3, -0.25) is 0 Å². The maximum atomic E-state index is 15.3. The summed E-state index contributed by atoms with van der Waals surface area (Å²) < 4.78 is 41.9. The Morgan fingerprint density at radius 1 is 0.714 bits per heavy atom. The predicted molar refractivity (Wildman–Crippen MR) is 139 cm³/mol. The second kappa shape index (κ2) is 11.6. The monoisotopic (exact) mass is 474 g/mol. The molecule has 4 rings (SSSR count). The summed E-state index contributed by atoms with van der Waals surface area (Å²) in [6.07, 6.45) is 3.83. The summed E-state index contributed by atoms with van der Waals surface area (Å²) in [5.74, 6) is -2.58. The smallest absolute Gasteiger partial charge is 0.227 e. The summed E-state index contributed by atoms with van der Waals surface area (Å²) in [6, 6.07) is 26.0. The molecule has 0 aliphatic heterocycles. The summed E-state index contributed by atoms with van der Waals surface area (Å²) in [7, 11) is 0. The normalized spacial score (nSPS) is 19.8. The lowest BCUT2D eigenvalue weighted by Gasteiger charge is -2.35. The van der Waals surface area contributed by atoms with E-state index in [-0.39, 0.29) is 12.2 Å². The van der Waals surface area contributed by atoms with Crippen LogP contribution < -0.4 is 0 Å². The lowest BCUT2D eigenvalue weighted by atomic mass is 9.92. The zero-order chi connectivity index (χ0) is 24.7. The fourth-order valence-electron chi connectivity index (χ4n) is 4.33. The van der Waals surface area contributed by atoms with Gasteiger partial charge in [0.25, 0.3) is 0 Å². The molecule has 0 spiro atoms. The highest BCUT2D eigenvalue weighted by Crippen LogP contribution is 2.39. The van der Waals surface area contributed by atoms with Crippen molar-refractivity contribution in [1.29, 1.82) is 0 Å². The van der Waals surface area contributed by atoms with Crippen LogP contribution in [0.15, 0.2) is 96.8 Å². The average molecular weight is 475 g/mol. The molecule has 0 amide bonds. The summed E-state index contributed by atoms with van der Waals surface area (Å²) in [6.45, 7) is 4.37. The number of hydrogen-bond donors (Lipinski definition) is 0. The summed E-state index contributed by atoms with van der Waals surface area (Å²) in [4.78, 5) is 0. The zero-order valence-corrected chi connectivity index (χ0v) is 20.3. The van der Waals surface area contributed by atoms with Gasteiger partial charge in [0.1, 0.15) is 5.83 Å². The van der Waals surface area contributed by atoms with Crippen LogP contribution >= 0.6 is 0 Å². The molecule has 2 nitrogen and oxygen atoms in total. The zero-order valence-electron chi connectivity index (χ0n) is 20.3. The maximum absolute atomic E-state index is 15.3. The highest BCUT2D eigenvalue weighted by molar-refractivity contribution is 5.79. The Labute approximate surface area is 206 Å². The molecule has 1 aliphatic carbocycles. The number of benzene rings is 3. The van der Waals surface area contributed by atoms with Crippen LogP contribution in [-0.4, -0.2) is 25.2 Å². The molecule has 182 valence electrons. The summed E-state index contributed by atoms with van der Waals surface area (Å²) in [5.41, 5.74) is 5.21. The van der Waals surface area contributed by atoms with Crippen LogP contribution in [0.5, 0.6) is 0 Å². The van der Waals surface area contributed by atoms with Gasteiger partial charge in [-0.2, -0.15) is 0 Å². The van der Waals surface area contributed by atoms with E-state index in [9.17, 15) is 0 Å². The third kappa shape index (κ3) is 5.61. The van der Waals surface area contributed by atoms with Crippen molar-refractivity contribution in [1.82, 2.24) is 0 Å². The Bertz CT molecular complexity index is 1150. The van der Waals surface area contributed by atoms with Crippen LogP contribution in [-0.2, 0) is 9.47 Å². The molecule has 0 heterocycles. The fourth-order valence-corrected chi connectivity index (χ4v) is 4.33. The van der Waals surface area contributed by atoms with Gasteiger partial charge in [-0.15, -0.1) is 0 Å². The van der Waals surface area contributed by atoms with E-state index in [1.165, 1.54) is 11.6 Å². The molecule has 0 bridgehead atoms. The minimum Gasteiger partial charge on any atom is -0.344 e. The van der Waals surface area contributed by atoms with Gasteiger partial charge >= 0.3 is 0 Å². The summed E-state index contributed by atoms with van der Waals surface area (Å²) in [5, 5.41) is 0. The molecule has 3 aromatic rings. The Balaban J connectivity index is 1.51. The summed E-state index contributed by atoms with van der Waals surface area (Å²) >= 11 is 0. The second-order valence-corrected chi connectivity index (χ2v) is 8.69. The minimum atomic E-state index is -2.02. The van der Waals surface area contributed by atoms with E-state index < -0.39 is 17.8 Å². The van der Waals surface area contributed by atoms with Crippen molar-refractivity contribution in [2.75, 3.05) is 13.2 Å². The molecular weight excluding hydrogens is 442 g/mol. The second-order valence-electron chi connectivity index (χ2n) is 8.69. The maximum Gasteiger partial charge on any atom is 0.227 e. The molecule has 4 heteroatoms. The molecule has 0 saturated heterocycles. The van der Waals surface area contributed by atoms with Gasteiger partial charge in [0, 0.05) is 12.2 Å². The topological polar surface area (TPSA) is 18.5 Å². The lowest BCUT2D eigenvalue weighted by Crippen LogP contribution is -2.46. The predicted octanol–water partition coefficient (Wildman–Crippen LogP) is 8.55. The van der Waals surface area contributed by atoms with Crippen LogP contribution in [0, 0.1) is 0 Å². The number of halogens is 2. The minimum absolute atomic E-state index is 0.218. The van der Waals surface area contributed by atoms with Gasteiger partial charge in [0.2, 0.25) is 12.0 Å². The number of rotatable bonds is 10. The first-order chi connectivity index (χ1) is 17.1. The number of allylic oxidation sites excluding steroid dienone is 2. The SMILES string of the molecule is CCCCCOC1(OCC)C=CC(c2ccc(-c3ccc(-c4ccccc4)cc3)cc2)=C(F)C1F. The van der Waals surface area contributed by atoms with Crippen LogP contribution in [0.25, 0.3) is 27.8 Å². The van der Waals surface area contributed by atoms with E-state index >= 15 is 8.78 Å². The van der Waals surface area contributed by atoms with Gasteiger partial charge < -0.3 is 9.47 Å². The molecule has 0 fully saturated rings. The Morgan fingerprint density at radius 2 is 1.26 bits per heavy atom. The van der Waals surface area contributed by atoms with Gasteiger partial charge in [0.05, 0.1) is 6.61 Å². The largest absolute Gasteiger partial charge is 0.344 e. The van der Waals surface area contributed by atoms with E-state index in [0.717, 1.165) is 36.0 Å². The Morgan fingerprint density at radius 3 is 1.80 bits per heavy atom. The van der Waals surface area contributed by atoms with Crippen molar-refractivity contribution in [3.05, 3.63) is 102 Å². The molecule has 3 aromatic carbocycles. The van der Waals surface area contributed by atoms with Gasteiger partial charge in [-0.1, -0.05) is 105 Å². The molecular formula is C31H32F2O2. The van der Waals surface area contributed by atoms with Crippen molar-refractivity contribution in [3.8, 4) is 22.3 Å². The average Bonchev–Trinajstić information content (AvgIpc) is 2.91. The van der Waals surface area contributed by atoms with Gasteiger partial charge in [-0.05, 0) is 47.2 Å². The highest BCUT2D eigenvalue weighted by Gasteiger charge is 2.45. The highest BCUT2D eigenvalue weighted by atomic mass is 19.2. The number of ether oxygens (including phenoxy) is 2. The van der Waals surface area contributed by atoms with Crippen LogP contribution in [0.1, 0.15) is 38.7 Å². The third-order valence-corrected chi connectivity index (χ3v) is 6.28. The first-order valence-electron chi connectivity index (χ1n) is 12.3. The van der Waals surface area contributed by atoms with Gasteiger partial charge in [0.15, 0.2) is 0 Å². The number of hydrogen-bond acceptors (Lipinski definition) is 2. The molecule has 0 radical (unpaired) electrons. The number of alkyl halides is 1. The molecule has 35 heavy (non-hydrogen) atoms. The first-order valence-corrected chi connectivity index (χ1v) is 12.3. The van der Waals surface area contributed by atoms with Crippen molar-refractivity contribution in [3.63, 3.8) is 0 Å². The van der Waals surface area contributed by atoms with Gasteiger partial charge in [-0.25, -0.2) is 8.78 Å². The van der Waals surface area contributed by atoms with Crippen molar-refractivity contribution in [2.24, 2.45) is 0 Å². The van der Waals surface area contributed by atoms with Crippen LogP contribution in [0.2, 0.25) is 0 Å². The van der Waals surface area contributed by atoms with E-state index in [4.69, 9.17) is 9.47 Å².